The predicted molar refractivity (Wildman–Crippen MR) is 81.7 cm³/mol. The number of carbonyl (C=O) groups excluding carboxylic acids is 1. The Balaban J connectivity index is 1.64. The van der Waals surface area contributed by atoms with Gasteiger partial charge in [0.05, 0.1) is 0 Å². The van der Waals surface area contributed by atoms with E-state index in [4.69, 9.17) is 0 Å². The molecule has 1 aliphatic rings. The first-order valence-electron chi connectivity index (χ1n) is 7.56. The van der Waals surface area contributed by atoms with Crippen molar-refractivity contribution >= 4 is 16.8 Å². The first-order valence-corrected chi connectivity index (χ1v) is 7.56. The zero-order valence-corrected chi connectivity index (χ0v) is 12.1. The summed E-state index contributed by atoms with van der Waals surface area (Å²) in [5.41, 5.74) is 2.50. The van der Waals surface area contributed by atoms with Crippen LogP contribution in [0.5, 0.6) is 0 Å². The largest absolute Gasteiger partial charge is 0.351 e. The predicted octanol–water partition coefficient (Wildman–Crippen LogP) is 3.12. The summed E-state index contributed by atoms with van der Waals surface area (Å²) in [6.45, 7) is 1.91. The third kappa shape index (κ3) is 2.72. The molecule has 3 rings (SSSR count). The number of fused-ring (bicyclic) bond motifs is 1. The van der Waals surface area contributed by atoms with E-state index in [0.717, 1.165) is 19.5 Å². The monoisotopic (exact) mass is 270 g/mol. The van der Waals surface area contributed by atoms with E-state index in [1.807, 2.05) is 4.90 Å². The number of rotatable bonds is 3. The number of aromatic nitrogens is 1. The van der Waals surface area contributed by atoms with Gasteiger partial charge in [0, 0.05) is 38.3 Å². The Kier molecular flexibility index (Phi) is 3.77. The molecule has 1 aromatic carbocycles. The van der Waals surface area contributed by atoms with Gasteiger partial charge in [0.15, 0.2) is 0 Å². The Labute approximate surface area is 120 Å². The fraction of sp³-hybridized carbons (Fsp3) is 0.471. The molecule has 0 radical (unpaired) electrons. The lowest BCUT2D eigenvalue weighted by Gasteiger charge is -2.26. The number of likely N-dealkylation sites (tertiary alicyclic amines) is 1. The molecule has 20 heavy (non-hydrogen) atoms. The molecule has 0 bridgehead atoms. The summed E-state index contributed by atoms with van der Waals surface area (Å²) < 4.78 is 2.13. The van der Waals surface area contributed by atoms with E-state index in [-0.39, 0.29) is 0 Å². The molecular formula is C17H22N2O. The highest BCUT2D eigenvalue weighted by atomic mass is 16.2. The minimum Gasteiger partial charge on any atom is -0.351 e. The van der Waals surface area contributed by atoms with Crippen molar-refractivity contribution in [1.29, 1.82) is 0 Å². The molecule has 106 valence electrons. The van der Waals surface area contributed by atoms with Gasteiger partial charge < -0.3 is 9.47 Å². The Hall–Kier alpha value is -1.77. The Bertz CT molecular complexity index is 608. The van der Waals surface area contributed by atoms with Crippen LogP contribution >= 0.6 is 0 Å². The average Bonchev–Trinajstić information content (AvgIpc) is 2.87. The molecule has 3 nitrogen and oxygen atoms in total. The molecule has 1 fully saturated rings. The lowest BCUT2D eigenvalue weighted by molar-refractivity contribution is -0.132. The van der Waals surface area contributed by atoms with E-state index < -0.39 is 0 Å². The number of piperidine rings is 1. The molecule has 1 aliphatic heterocycles. The minimum absolute atomic E-state index is 0.316. The summed E-state index contributed by atoms with van der Waals surface area (Å²) in [4.78, 5) is 14.2. The number of aryl methyl sites for hydroxylation is 2. The molecule has 1 aromatic heterocycles. The van der Waals surface area contributed by atoms with Gasteiger partial charge in [-0.05, 0) is 48.8 Å². The van der Waals surface area contributed by atoms with Crippen LogP contribution in [0.15, 0.2) is 30.5 Å². The van der Waals surface area contributed by atoms with Gasteiger partial charge in [-0.3, -0.25) is 4.79 Å². The topological polar surface area (TPSA) is 25.2 Å². The van der Waals surface area contributed by atoms with Crippen LogP contribution in [0.25, 0.3) is 10.9 Å². The van der Waals surface area contributed by atoms with Crippen LogP contribution < -0.4 is 0 Å². The molecule has 1 saturated heterocycles. The Morgan fingerprint density at radius 2 is 1.95 bits per heavy atom. The highest BCUT2D eigenvalue weighted by Crippen LogP contribution is 2.18. The van der Waals surface area contributed by atoms with Gasteiger partial charge in [0.25, 0.3) is 0 Å². The first kappa shape index (κ1) is 13.2. The van der Waals surface area contributed by atoms with Crippen LogP contribution in [0.3, 0.4) is 0 Å². The SMILES string of the molecule is Cn1ccc2ccc(CCC(=O)N3CCCCC3)cc21. The second-order valence-electron chi connectivity index (χ2n) is 5.76. The van der Waals surface area contributed by atoms with Crippen LogP contribution in [-0.2, 0) is 18.3 Å². The van der Waals surface area contributed by atoms with Gasteiger partial charge in [-0.25, -0.2) is 0 Å². The first-order chi connectivity index (χ1) is 9.74. The van der Waals surface area contributed by atoms with Crippen molar-refractivity contribution in [3.8, 4) is 0 Å². The van der Waals surface area contributed by atoms with Gasteiger partial charge in [-0.15, -0.1) is 0 Å². The molecule has 2 heterocycles. The third-order valence-corrected chi connectivity index (χ3v) is 4.29. The second-order valence-corrected chi connectivity index (χ2v) is 5.76. The number of hydrogen-bond acceptors (Lipinski definition) is 1. The fourth-order valence-corrected chi connectivity index (χ4v) is 3.02. The molecule has 0 aliphatic carbocycles. The van der Waals surface area contributed by atoms with Crippen LogP contribution in [0, 0.1) is 0 Å². The number of nitrogens with zero attached hydrogens (tertiary/aromatic N) is 2. The van der Waals surface area contributed by atoms with Crippen molar-refractivity contribution in [2.75, 3.05) is 13.1 Å². The van der Waals surface area contributed by atoms with Gasteiger partial charge >= 0.3 is 0 Å². The van der Waals surface area contributed by atoms with Crippen molar-refractivity contribution in [2.45, 2.75) is 32.1 Å². The van der Waals surface area contributed by atoms with Crippen molar-refractivity contribution < 1.29 is 4.79 Å². The molecular weight excluding hydrogens is 248 g/mol. The summed E-state index contributed by atoms with van der Waals surface area (Å²) in [7, 11) is 2.06. The van der Waals surface area contributed by atoms with E-state index in [0.29, 0.717) is 12.3 Å². The molecule has 0 atom stereocenters. The average molecular weight is 270 g/mol. The number of hydrogen-bond donors (Lipinski definition) is 0. The van der Waals surface area contributed by atoms with Crippen LogP contribution in [0.4, 0.5) is 0 Å². The lowest BCUT2D eigenvalue weighted by atomic mass is 10.1. The number of carbonyl (C=O) groups is 1. The highest BCUT2D eigenvalue weighted by molar-refractivity contribution is 5.81. The molecule has 0 spiro atoms. The van der Waals surface area contributed by atoms with E-state index in [1.165, 1.54) is 35.7 Å². The smallest absolute Gasteiger partial charge is 0.222 e. The van der Waals surface area contributed by atoms with Crippen LogP contribution in [-0.4, -0.2) is 28.5 Å². The third-order valence-electron chi connectivity index (χ3n) is 4.29. The molecule has 0 N–H and O–H groups in total. The summed E-state index contributed by atoms with van der Waals surface area (Å²) >= 11 is 0. The zero-order chi connectivity index (χ0) is 13.9. The molecule has 3 heteroatoms. The summed E-state index contributed by atoms with van der Waals surface area (Å²) in [5.74, 6) is 0.316. The van der Waals surface area contributed by atoms with E-state index in [9.17, 15) is 4.79 Å². The maximum Gasteiger partial charge on any atom is 0.222 e. The fourth-order valence-electron chi connectivity index (χ4n) is 3.02. The quantitative estimate of drug-likeness (QED) is 0.841. The molecule has 2 aromatic rings. The molecule has 0 saturated carbocycles. The number of benzene rings is 1. The summed E-state index contributed by atoms with van der Waals surface area (Å²) in [5, 5.41) is 1.26. The summed E-state index contributed by atoms with van der Waals surface area (Å²) in [6, 6.07) is 8.62. The van der Waals surface area contributed by atoms with Crippen molar-refractivity contribution in [1.82, 2.24) is 9.47 Å². The van der Waals surface area contributed by atoms with Crippen LogP contribution in [0.1, 0.15) is 31.2 Å². The summed E-state index contributed by atoms with van der Waals surface area (Å²) in [6.07, 6.45) is 7.16. The van der Waals surface area contributed by atoms with E-state index in [1.54, 1.807) is 0 Å². The van der Waals surface area contributed by atoms with Gasteiger partial charge in [0.2, 0.25) is 5.91 Å². The highest BCUT2D eigenvalue weighted by Gasteiger charge is 2.16. The standard InChI is InChI=1S/C17H22N2O/c1-18-12-9-15-7-5-14(13-16(15)18)6-8-17(20)19-10-3-2-4-11-19/h5,7,9,12-13H,2-4,6,8,10-11H2,1H3. The normalized spacial score (nSPS) is 15.8. The second kappa shape index (κ2) is 5.70. The lowest BCUT2D eigenvalue weighted by Crippen LogP contribution is -2.35. The zero-order valence-electron chi connectivity index (χ0n) is 12.1. The molecule has 0 unspecified atom stereocenters. The van der Waals surface area contributed by atoms with E-state index in [2.05, 4.69) is 42.1 Å². The van der Waals surface area contributed by atoms with Crippen molar-refractivity contribution in [3.63, 3.8) is 0 Å². The van der Waals surface area contributed by atoms with Crippen LogP contribution in [0.2, 0.25) is 0 Å². The molecule has 1 amide bonds. The van der Waals surface area contributed by atoms with Gasteiger partial charge in [-0.1, -0.05) is 12.1 Å². The van der Waals surface area contributed by atoms with Crippen molar-refractivity contribution in [2.24, 2.45) is 7.05 Å². The van der Waals surface area contributed by atoms with Gasteiger partial charge in [0.1, 0.15) is 0 Å². The van der Waals surface area contributed by atoms with E-state index >= 15 is 0 Å². The van der Waals surface area contributed by atoms with Gasteiger partial charge in [-0.2, -0.15) is 0 Å². The maximum absolute atomic E-state index is 12.2. The van der Waals surface area contributed by atoms with Crippen molar-refractivity contribution in [3.05, 3.63) is 36.0 Å². The maximum atomic E-state index is 12.2. The Morgan fingerprint density at radius 1 is 1.15 bits per heavy atom. The minimum atomic E-state index is 0.316. The Morgan fingerprint density at radius 3 is 2.75 bits per heavy atom. The number of amides is 1.